The smallest absolute Gasteiger partial charge is 0.256 e. The number of rotatable bonds is 9. The number of halogens is 1. The summed E-state index contributed by atoms with van der Waals surface area (Å²) < 4.78 is 12.2. The monoisotopic (exact) mass is 592 g/mol. The number of methoxy groups -OCH3 is 1. The summed E-state index contributed by atoms with van der Waals surface area (Å²) in [6.45, 7) is 0.292. The first kappa shape index (κ1) is 25.4. The summed E-state index contributed by atoms with van der Waals surface area (Å²) in [5, 5.41) is 5.83. The van der Waals surface area contributed by atoms with Gasteiger partial charge in [-0.3, -0.25) is 9.59 Å². The topological polar surface area (TPSA) is 76.7 Å². The molecule has 0 aliphatic heterocycles. The van der Waals surface area contributed by atoms with Crippen LogP contribution in [0.1, 0.15) is 38.1 Å². The van der Waals surface area contributed by atoms with Gasteiger partial charge in [-0.25, -0.2) is 0 Å². The van der Waals surface area contributed by atoms with E-state index in [9.17, 15) is 9.59 Å². The molecule has 36 heavy (non-hydrogen) atoms. The Morgan fingerprint density at radius 2 is 1.56 bits per heavy atom. The largest absolute Gasteiger partial charge is 0.497 e. The van der Waals surface area contributed by atoms with E-state index < -0.39 is 6.23 Å². The van der Waals surface area contributed by atoms with Gasteiger partial charge in [-0.05, 0) is 76.7 Å². The van der Waals surface area contributed by atoms with Crippen LogP contribution in [-0.2, 0) is 11.3 Å². The molecule has 1 unspecified atom stereocenters. The third-order valence-corrected chi connectivity index (χ3v) is 6.38. The van der Waals surface area contributed by atoms with Gasteiger partial charge >= 0.3 is 0 Å². The molecule has 1 atom stereocenters. The number of anilines is 1. The molecule has 0 aliphatic rings. The number of nitrogens with one attached hydrogen (secondary N) is 2. The predicted octanol–water partition coefficient (Wildman–Crippen LogP) is 6.20. The molecule has 4 aromatic rings. The quantitative estimate of drug-likeness (QED) is 0.179. The van der Waals surface area contributed by atoms with Crippen LogP contribution in [0, 0.1) is 3.57 Å². The van der Waals surface area contributed by atoms with Gasteiger partial charge in [0.15, 0.2) is 6.23 Å². The third kappa shape index (κ3) is 6.71. The molecule has 0 saturated carbocycles. The highest BCUT2D eigenvalue weighted by Gasteiger charge is 2.17. The average Bonchev–Trinajstić information content (AvgIpc) is 2.92. The first-order valence-corrected chi connectivity index (χ1v) is 12.4. The number of ether oxygens (including phenoxy) is 2. The zero-order valence-corrected chi connectivity index (χ0v) is 21.8. The number of hydrogen-bond donors (Lipinski definition) is 2. The molecule has 2 N–H and O–H groups in total. The molecule has 0 aromatic heterocycles. The van der Waals surface area contributed by atoms with Crippen molar-refractivity contribution in [1.29, 1.82) is 0 Å². The molecular weight excluding hydrogens is 567 g/mol. The fourth-order valence-electron chi connectivity index (χ4n) is 3.54. The van der Waals surface area contributed by atoms with Crippen molar-refractivity contribution >= 4 is 40.1 Å². The van der Waals surface area contributed by atoms with Crippen LogP contribution in [-0.4, -0.2) is 18.9 Å². The standard InChI is InChI=1S/C29H25IN2O4/c1-35-24-11-7-8-20(18-24)19-36-29(22-9-3-2-4-10-22)32-27(33)21-14-16-23(17-15-21)31-28(34)25-12-5-6-13-26(25)30/h2-18,29H,19H2,1H3,(H,31,34)(H,32,33). The van der Waals surface area contributed by atoms with E-state index >= 15 is 0 Å². The molecule has 4 aromatic carbocycles. The Labute approximate surface area is 223 Å². The number of hydrogen-bond acceptors (Lipinski definition) is 4. The van der Waals surface area contributed by atoms with Crippen molar-refractivity contribution in [3.05, 3.63) is 129 Å². The minimum Gasteiger partial charge on any atom is -0.497 e. The lowest BCUT2D eigenvalue weighted by Crippen LogP contribution is -2.30. The summed E-state index contributed by atoms with van der Waals surface area (Å²) in [5.74, 6) is 0.253. The summed E-state index contributed by atoms with van der Waals surface area (Å²) in [4.78, 5) is 25.6. The van der Waals surface area contributed by atoms with E-state index in [4.69, 9.17) is 9.47 Å². The second-order valence-corrected chi connectivity index (χ2v) is 9.10. The molecule has 7 heteroatoms. The van der Waals surface area contributed by atoms with Gasteiger partial charge in [0.1, 0.15) is 5.75 Å². The maximum absolute atomic E-state index is 13.0. The van der Waals surface area contributed by atoms with Crippen molar-refractivity contribution in [3.8, 4) is 5.75 Å². The maximum Gasteiger partial charge on any atom is 0.256 e. The van der Waals surface area contributed by atoms with Crippen LogP contribution in [0.3, 0.4) is 0 Å². The lowest BCUT2D eigenvalue weighted by atomic mass is 10.1. The van der Waals surface area contributed by atoms with Crippen LogP contribution >= 0.6 is 22.6 Å². The number of benzene rings is 4. The molecule has 0 bridgehead atoms. The van der Waals surface area contributed by atoms with Crippen molar-refractivity contribution in [2.75, 3.05) is 12.4 Å². The second-order valence-electron chi connectivity index (χ2n) is 7.94. The van der Waals surface area contributed by atoms with Gasteiger partial charge in [-0.1, -0.05) is 54.6 Å². The fourth-order valence-corrected chi connectivity index (χ4v) is 4.17. The summed E-state index contributed by atoms with van der Waals surface area (Å²) in [6.07, 6.45) is -0.649. The normalized spacial score (nSPS) is 11.4. The molecule has 0 fully saturated rings. The third-order valence-electron chi connectivity index (χ3n) is 5.44. The van der Waals surface area contributed by atoms with Crippen molar-refractivity contribution in [3.63, 3.8) is 0 Å². The van der Waals surface area contributed by atoms with Gasteiger partial charge < -0.3 is 20.1 Å². The molecule has 6 nitrogen and oxygen atoms in total. The Bertz CT molecular complexity index is 1330. The molecule has 0 radical (unpaired) electrons. The molecule has 4 rings (SSSR count). The predicted molar refractivity (Wildman–Crippen MR) is 148 cm³/mol. The van der Waals surface area contributed by atoms with E-state index in [-0.39, 0.29) is 11.8 Å². The van der Waals surface area contributed by atoms with E-state index in [0.29, 0.717) is 23.4 Å². The van der Waals surface area contributed by atoms with E-state index in [0.717, 1.165) is 20.4 Å². The number of carbonyl (C=O) groups excluding carboxylic acids is 2. The number of amides is 2. The Morgan fingerprint density at radius 3 is 2.28 bits per heavy atom. The van der Waals surface area contributed by atoms with Crippen molar-refractivity contribution < 1.29 is 19.1 Å². The summed E-state index contributed by atoms with van der Waals surface area (Å²) >= 11 is 2.13. The summed E-state index contributed by atoms with van der Waals surface area (Å²) in [7, 11) is 1.62. The Balaban J connectivity index is 1.43. The van der Waals surface area contributed by atoms with E-state index in [1.807, 2.05) is 72.8 Å². The highest BCUT2D eigenvalue weighted by Crippen LogP contribution is 2.20. The zero-order valence-electron chi connectivity index (χ0n) is 19.6. The van der Waals surface area contributed by atoms with Gasteiger partial charge in [0.25, 0.3) is 11.8 Å². The highest BCUT2D eigenvalue weighted by molar-refractivity contribution is 14.1. The highest BCUT2D eigenvalue weighted by atomic mass is 127. The van der Waals surface area contributed by atoms with Crippen molar-refractivity contribution in [2.24, 2.45) is 0 Å². The molecule has 0 saturated heterocycles. The van der Waals surface area contributed by atoms with E-state index in [1.165, 1.54) is 0 Å². The van der Waals surface area contributed by atoms with Crippen molar-refractivity contribution in [1.82, 2.24) is 5.32 Å². The van der Waals surface area contributed by atoms with Crippen LogP contribution in [0.2, 0.25) is 0 Å². The van der Waals surface area contributed by atoms with Gasteiger partial charge in [0.05, 0.1) is 19.3 Å². The van der Waals surface area contributed by atoms with Gasteiger partial charge in [-0.15, -0.1) is 0 Å². The molecule has 0 spiro atoms. The SMILES string of the molecule is COc1cccc(COC(NC(=O)c2ccc(NC(=O)c3ccccc3I)cc2)c2ccccc2)c1. The Hall–Kier alpha value is -3.69. The van der Waals surface area contributed by atoms with Crippen LogP contribution in [0.5, 0.6) is 5.75 Å². The van der Waals surface area contributed by atoms with Crippen molar-refractivity contribution in [2.45, 2.75) is 12.8 Å². The Morgan fingerprint density at radius 1 is 0.833 bits per heavy atom. The second kappa shape index (κ2) is 12.3. The van der Waals surface area contributed by atoms with Gasteiger partial charge in [0, 0.05) is 20.4 Å². The van der Waals surface area contributed by atoms with Crippen LogP contribution in [0.4, 0.5) is 5.69 Å². The lowest BCUT2D eigenvalue weighted by Gasteiger charge is -2.20. The first-order chi connectivity index (χ1) is 17.5. The fraction of sp³-hybridized carbons (Fsp3) is 0.103. The Kier molecular flexibility index (Phi) is 8.70. The molecule has 2 amide bonds. The molecule has 182 valence electrons. The van der Waals surface area contributed by atoms with Gasteiger partial charge in [0.2, 0.25) is 0 Å². The molecule has 0 heterocycles. The first-order valence-electron chi connectivity index (χ1n) is 11.3. The lowest BCUT2D eigenvalue weighted by molar-refractivity contribution is 0.0162. The number of carbonyl (C=O) groups is 2. The molecular formula is C29H25IN2O4. The molecule has 0 aliphatic carbocycles. The summed E-state index contributed by atoms with van der Waals surface area (Å²) in [6, 6.07) is 31.2. The zero-order chi connectivity index (χ0) is 25.3. The van der Waals surface area contributed by atoms with Gasteiger partial charge in [-0.2, -0.15) is 0 Å². The van der Waals surface area contributed by atoms with Crippen LogP contribution in [0.15, 0.2) is 103 Å². The van der Waals surface area contributed by atoms with Crippen LogP contribution in [0.25, 0.3) is 0 Å². The minimum absolute atomic E-state index is 0.202. The maximum atomic E-state index is 13.0. The van der Waals surface area contributed by atoms with E-state index in [1.54, 1.807) is 37.4 Å². The van der Waals surface area contributed by atoms with Crippen LogP contribution < -0.4 is 15.4 Å². The summed E-state index contributed by atoms with van der Waals surface area (Å²) in [5.41, 5.74) is 3.41. The minimum atomic E-state index is -0.649. The van der Waals surface area contributed by atoms with E-state index in [2.05, 4.69) is 33.2 Å². The average molecular weight is 592 g/mol.